The Hall–Kier alpha value is -3.15. The third-order valence-electron chi connectivity index (χ3n) is 5.31. The van der Waals surface area contributed by atoms with Gasteiger partial charge in [0.25, 0.3) is 0 Å². The number of tetrazole rings is 1. The van der Waals surface area contributed by atoms with Gasteiger partial charge in [-0.15, -0.1) is 5.10 Å². The number of fused-ring (bicyclic) bond motifs is 1. The van der Waals surface area contributed by atoms with E-state index in [9.17, 15) is 4.79 Å². The molecule has 10 nitrogen and oxygen atoms in total. The summed E-state index contributed by atoms with van der Waals surface area (Å²) in [6, 6.07) is 16.6. The fourth-order valence-corrected chi connectivity index (χ4v) is 4.62. The number of nitrogens with one attached hydrogen (secondary N) is 1. The predicted octanol–water partition coefficient (Wildman–Crippen LogP) is 2.79. The lowest BCUT2D eigenvalue weighted by Crippen LogP contribution is -2.35. The lowest BCUT2D eigenvalue weighted by atomic mass is 10.1. The van der Waals surface area contributed by atoms with Gasteiger partial charge < -0.3 is 18.9 Å². The highest BCUT2D eigenvalue weighted by Gasteiger charge is 2.51. The number of benzene rings is 2. The number of carbonyl (C=O) groups is 1. The Balaban J connectivity index is 1.21. The second-order valence-electron chi connectivity index (χ2n) is 7.28. The van der Waals surface area contributed by atoms with E-state index in [0.29, 0.717) is 23.2 Å². The average molecular weight is 455 g/mol. The van der Waals surface area contributed by atoms with Crippen molar-refractivity contribution in [3.05, 3.63) is 54.6 Å². The van der Waals surface area contributed by atoms with E-state index in [1.165, 1.54) is 11.8 Å². The van der Waals surface area contributed by atoms with Crippen LogP contribution in [-0.4, -0.2) is 64.9 Å². The molecular weight excluding hydrogens is 434 g/mol. The lowest BCUT2D eigenvalue weighted by molar-refractivity contribution is 0.00751. The molecule has 2 aromatic carbocycles. The van der Waals surface area contributed by atoms with Gasteiger partial charge in [-0.2, -0.15) is 0 Å². The molecule has 5 rings (SSSR count). The number of ether oxygens (including phenoxy) is 4. The van der Waals surface area contributed by atoms with Crippen LogP contribution in [0.4, 0.5) is 10.5 Å². The van der Waals surface area contributed by atoms with Crippen LogP contribution < -0.4 is 10.1 Å². The van der Waals surface area contributed by atoms with Crippen molar-refractivity contribution in [1.82, 2.24) is 20.2 Å². The molecule has 0 saturated carbocycles. The van der Waals surface area contributed by atoms with E-state index in [2.05, 4.69) is 20.8 Å². The van der Waals surface area contributed by atoms with Crippen molar-refractivity contribution in [3.63, 3.8) is 0 Å². The van der Waals surface area contributed by atoms with Crippen LogP contribution in [0.25, 0.3) is 0 Å². The van der Waals surface area contributed by atoms with Crippen LogP contribution in [0, 0.1) is 0 Å². The zero-order chi connectivity index (χ0) is 21.9. The van der Waals surface area contributed by atoms with E-state index in [1.54, 1.807) is 36.1 Å². The van der Waals surface area contributed by atoms with E-state index in [1.807, 2.05) is 30.3 Å². The molecule has 2 saturated heterocycles. The summed E-state index contributed by atoms with van der Waals surface area (Å²) in [5.74, 6) is 0.703. The van der Waals surface area contributed by atoms with Crippen molar-refractivity contribution in [2.75, 3.05) is 25.6 Å². The Morgan fingerprint density at radius 2 is 1.88 bits per heavy atom. The van der Waals surface area contributed by atoms with Crippen LogP contribution in [0.5, 0.6) is 5.75 Å². The minimum Gasteiger partial charge on any atom is -0.497 e. The van der Waals surface area contributed by atoms with Crippen molar-refractivity contribution in [2.24, 2.45) is 0 Å². The maximum absolute atomic E-state index is 12.4. The highest BCUT2D eigenvalue weighted by molar-refractivity contribution is 7.99. The lowest BCUT2D eigenvalue weighted by Gasteiger charge is -2.17. The summed E-state index contributed by atoms with van der Waals surface area (Å²) in [7, 11) is 1.58. The fourth-order valence-electron chi connectivity index (χ4n) is 3.77. The highest BCUT2D eigenvalue weighted by atomic mass is 32.2. The van der Waals surface area contributed by atoms with Gasteiger partial charge in [0.1, 0.15) is 24.0 Å². The number of hydrogen-bond acceptors (Lipinski definition) is 9. The molecule has 32 heavy (non-hydrogen) atoms. The van der Waals surface area contributed by atoms with Crippen LogP contribution in [0.2, 0.25) is 0 Å². The molecular formula is C21H21N5O5S. The first-order valence-corrected chi connectivity index (χ1v) is 10.9. The quantitative estimate of drug-likeness (QED) is 0.600. The summed E-state index contributed by atoms with van der Waals surface area (Å²) in [5, 5.41) is 15.5. The number of nitrogens with zero attached hydrogens (tertiary/aromatic N) is 4. The minimum atomic E-state index is -0.570. The number of aromatic nitrogens is 4. The van der Waals surface area contributed by atoms with Gasteiger partial charge in [-0.05, 0) is 58.6 Å². The second kappa shape index (κ2) is 9.15. The summed E-state index contributed by atoms with van der Waals surface area (Å²) >= 11 is 1.47. The average Bonchev–Trinajstić information content (AvgIpc) is 3.53. The van der Waals surface area contributed by atoms with Crippen LogP contribution in [-0.2, 0) is 14.2 Å². The van der Waals surface area contributed by atoms with Gasteiger partial charge in [-0.1, -0.05) is 18.2 Å². The number of amides is 1. The van der Waals surface area contributed by atoms with E-state index in [-0.39, 0.29) is 24.9 Å². The van der Waals surface area contributed by atoms with E-state index < -0.39 is 12.2 Å². The molecule has 2 fully saturated rings. The zero-order valence-corrected chi connectivity index (χ0v) is 18.0. The molecule has 11 heteroatoms. The van der Waals surface area contributed by atoms with Gasteiger partial charge in [0, 0.05) is 10.6 Å². The van der Waals surface area contributed by atoms with Crippen LogP contribution in [0.15, 0.2) is 64.6 Å². The van der Waals surface area contributed by atoms with Crippen molar-refractivity contribution in [3.8, 4) is 5.75 Å². The van der Waals surface area contributed by atoms with E-state index in [4.69, 9.17) is 18.9 Å². The van der Waals surface area contributed by atoms with Gasteiger partial charge in [0.2, 0.25) is 5.16 Å². The fraction of sp³-hybridized carbons (Fsp3) is 0.333. The maximum atomic E-state index is 12.4. The maximum Gasteiger partial charge on any atom is 0.412 e. The molecule has 0 unspecified atom stereocenters. The van der Waals surface area contributed by atoms with Crippen molar-refractivity contribution in [2.45, 2.75) is 34.4 Å². The predicted molar refractivity (Wildman–Crippen MR) is 114 cm³/mol. The summed E-state index contributed by atoms with van der Waals surface area (Å²) in [4.78, 5) is 13.4. The summed E-state index contributed by atoms with van der Waals surface area (Å²) in [5.41, 5.74) is 0.604. The van der Waals surface area contributed by atoms with Gasteiger partial charge in [-0.25, -0.2) is 9.48 Å². The van der Waals surface area contributed by atoms with Crippen LogP contribution in [0.1, 0.15) is 6.04 Å². The first-order valence-electron chi connectivity index (χ1n) is 10.1. The highest BCUT2D eigenvalue weighted by Crippen LogP contribution is 2.37. The Kier molecular flexibility index (Phi) is 5.93. The third kappa shape index (κ3) is 4.27. The van der Waals surface area contributed by atoms with Crippen LogP contribution in [0.3, 0.4) is 0 Å². The van der Waals surface area contributed by atoms with Crippen LogP contribution >= 0.6 is 11.8 Å². The molecule has 1 amide bonds. The molecule has 1 aromatic heterocycles. The van der Waals surface area contributed by atoms with Gasteiger partial charge in [0.05, 0.1) is 20.3 Å². The smallest absolute Gasteiger partial charge is 0.412 e. The Morgan fingerprint density at radius 1 is 1.09 bits per heavy atom. The molecule has 3 heterocycles. The number of anilines is 1. The molecule has 0 aliphatic carbocycles. The largest absolute Gasteiger partial charge is 0.497 e. The molecule has 2 aliphatic rings. The van der Waals surface area contributed by atoms with Gasteiger partial charge in [0.15, 0.2) is 6.10 Å². The van der Waals surface area contributed by atoms with Gasteiger partial charge >= 0.3 is 6.09 Å². The normalized spacial score (nSPS) is 24.2. The van der Waals surface area contributed by atoms with E-state index >= 15 is 0 Å². The molecule has 2 aliphatic heterocycles. The summed E-state index contributed by atoms with van der Waals surface area (Å²) in [6.45, 7) is 0.605. The van der Waals surface area contributed by atoms with Crippen molar-refractivity contribution in [1.29, 1.82) is 0 Å². The van der Waals surface area contributed by atoms with Crippen molar-refractivity contribution >= 4 is 23.5 Å². The monoisotopic (exact) mass is 455 g/mol. The number of rotatable bonds is 6. The van der Waals surface area contributed by atoms with E-state index in [0.717, 1.165) is 4.90 Å². The molecule has 1 N–H and O–H groups in total. The Morgan fingerprint density at radius 3 is 2.66 bits per heavy atom. The number of hydrogen-bond donors (Lipinski definition) is 1. The number of methoxy groups -OCH3 is 1. The molecule has 166 valence electrons. The Bertz CT molecular complexity index is 1060. The van der Waals surface area contributed by atoms with Crippen molar-refractivity contribution < 1.29 is 23.7 Å². The number of carbonyl (C=O) groups excluding carboxylic acids is 1. The topological polar surface area (TPSA) is 110 Å². The molecule has 0 radical (unpaired) electrons. The third-order valence-corrected chi connectivity index (χ3v) is 6.26. The minimum absolute atomic E-state index is 0.209. The van der Waals surface area contributed by atoms with Gasteiger partial charge in [-0.3, -0.25) is 5.32 Å². The Labute approximate surface area is 188 Å². The molecule has 3 aromatic rings. The molecule has 0 bridgehead atoms. The summed E-state index contributed by atoms with van der Waals surface area (Å²) in [6.07, 6.45) is -1.79. The summed E-state index contributed by atoms with van der Waals surface area (Å²) < 4.78 is 24.3. The molecule has 4 atom stereocenters. The second-order valence-corrected chi connectivity index (χ2v) is 8.32. The SMILES string of the molecule is COc1ccc(NC(=O)O[C@H]2CO[C@@H]3[C@@H]2OC[C@@H]3n2nnnc2Sc2ccccc2)cc1. The molecule has 0 spiro atoms. The first-order chi connectivity index (χ1) is 15.7. The standard InChI is InChI=1S/C21H21N5O5S/c1-28-14-9-7-13(8-10-14)22-21(27)31-17-12-30-18-16(11-29-19(17)18)26-20(23-24-25-26)32-15-5-3-2-4-6-15/h2-10,16-19H,11-12H2,1H3,(H,22,27)/t16-,17-,18-,19+/m0/s1. The zero-order valence-electron chi connectivity index (χ0n) is 17.2. The first kappa shape index (κ1) is 20.7.